The van der Waals surface area contributed by atoms with Gasteiger partial charge in [0, 0.05) is 5.56 Å². The zero-order chi connectivity index (χ0) is 15.4. The lowest BCUT2D eigenvalue weighted by atomic mass is 9.94. The summed E-state index contributed by atoms with van der Waals surface area (Å²) in [6, 6.07) is 15.3. The molecular formula is C19H25NO. The molecule has 2 rings (SSSR count). The average molecular weight is 283 g/mol. The van der Waals surface area contributed by atoms with E-state index in [1.165, 1.54) is 22.3 Å². The van der Waals surface area contributed by atoms with Crippen molar-refractivity contribution in [2.75, 3.05) is 14.2 Å². The molecule has 0 aliphatic carbocycles. The Morgan fingerprint density at radius 1 is 0.952 bits per heavy atom. The van der Waals surface area contributed by atoms with E-state index in [2.05, 4.69) is 68.6 Å². The third kappa shape index (κ3) is 3.45. The Morgan fingerprint density at radius 2 is 1.57 bits per heavy atom. The van der Waals surface area contributed by atoms with Crippen LogP contribution in [-0.2, 0) is 0 Å². The molecule has 112 valence electrons. The van der Waals surface area contributed by atoms with Gasteiger partial charge in [0.05, 0.1) is 13.2 Å². The van der Waals surface area contributed by atoms with Gasteiger partial charge in [0.1, 0.15) is 5.75 Å². The lowest BCUT2D eigenvalue weighted by Crippen LogP contribution is -2.18. The third-order valence-corrected chi connectivity index (χ3v) is 3.93. The van der Waals surface area contributed by atoms with Crippen molar-refractivity contribution in [2.24, 2.45) is 0 Å². The maximum Gasteiger partial charge on any atom is 0.124 e. The second-order valence-corrected chi connectivity index (χ2v) is 5.79. The summed E-state index contributed by atoms with van der Waals surface area (Å²) in [5, 5.41) is 3.40. The molecule has 0 bridgehead atoms. The molecule has 0 aliphatic rings. The Hall–Kier alpha value is -1.80. The van der Waals surface area contributed by atoms with Gasteiger partial charge >= 0.3 is 0 Å². The molecule has 0 fully saturated rings. The van der Waals surface area contributed by atoms with Gasteiger partial charge < -0.3 is 10.1 Å². The van der Waals surface area contributed by atoms with Crippen LogP contribution < -0.4 is 10.1 Å². The van der Waals surface area contributed by atoms with E-state index in [1.54, 1.807) is 7.11 Å². The molecule has 0 saturated heterocycles. The standard InChI is InChI=1S/C19H25NO/c1-13(2)15-7-9-16(10-8-15)19(20-4)17-11-6-14(3)12-18(17)21-5/h6-13,19-20H,1-5H3. The summed E-state index contributed by atoms with van der Waals surface area (Å²) in [6.45, 7) is 6.51. The molecule has 1 unspecified atom stereocenters. The highest BCUT2D eigenvalue weighted by Crippen LogP contribution is 2.31. The van der Waals surface area contributed by atoms with Crippen molar-refractivity contribution >= 4 is 0 Å². The minimum atomic E-state index is 0.141. The van der Waals surface area contributed by atoms with Crippen molar-refractivity contribution < 1.29 is 4.74 Å². The molecule has 0 spiro atoms. The first-order chi connectivity index (χ1) is 10.1. The molecule has 21 heavy (non-hydrogen) atoms. The smallest absolute Gasteiger partial charge is 0.124 e. The van der Waals surface area contributed by atoms with E-state index in [9.17, 15) is 0 Å². The summed E-state index contributed by atoms with van der Waals surface area (Å²) in [5.41, 5.74) is 5.00. The first-order valence-corrected chi connectivity index (χ1v) is 7.48. The van der Waals surface area contributed by atoms with Crippen LogP contribution in [0.4, 0.5) is 0 Å². The van der Waals surface area contributed by atoms with Gasteiger partial charge in [-0.25, -0.2) is 0 Å². The van der Waals surface area contributed by atoms with E-state index >= 15 is 0 Å². The number of aryl methyl sites for hydroxylation is 1. The first-order valence-electron chi connectivity index (χ1n) is 7.48. The fraction of sp³-hybridized carbons (Fsp3) is 0.368. The van der Waals surface area contributed by atoms with Crippen LogP contribution in [0.15, 0.2) is 42.5 Å². The average Bonchev–Trinajstić information content (AvgIpc) is 2.49. The molecule has 1 N–H and O–H groups in total. The lowest BCUT2D eigenvalue weighted by molar-refractivity contribution is 0.405. The van der Waals surface area contributed by atoms with Crippen LogP contribution in [0.2, 0.25) is 0 Å². The Kier molecular flexibility index (Phi) is 5.03. The van der Waals surface area contributed by atoms with Crippen molar-refractivity contribution in [3.8, 4) is 5.75 Å². The monoisotopic (exact) mass is 283 g/mol. The molecule has 2 aromatic rings. The van der Waals surface area contributed by atoms with Crippen molar-refractivity contribution in [1.29, 1.82) is 0 Å². The van der Waals surface area contributed by atoms with Gasteiger partial charge in [0.2, 0.25) is 0 Å². The number of benzene rings is 2. The summed E-state index contributed by atoms with van der Waals surface area (Å²) >= 11 is 0. The van der Waals surface area contributed by atoms with Crippen LogP contribution in [0.5, 0.6) is 5.75 Å². The summed E-state index contributed by atoms with van der Waals surface area (Å²) in [4.78, 5) is 0. The van der Waals surface area contributed by atoms with E-state index in [1.807, 2.05) is 7.05 Å². The maximum atomic E-state index is 5.55. The van der Waals surface area contributed by atoms with Gasteiger partial charge in [-0.3, -0.25) is 0 Å². The molecule has 2 aromatic carbocycles. The largest absolute Gasteiger partial charge is 0.496 e. The molecule has 0 aromatic heterocycles. The molecule has 0 heterocycles. The number of methoxy groups -OCH3 is 1. The van der Waals surface area contributed by atoms with Crippen molar-refractivity contribution in [3.05, 3.63) is 64.7 Å². The van der Waals surface area contributed by atoms with Gasteiger partial charge in [0.15, 0.2) is 0 Å². The molecule has 1 atom stereocenters. The second-order valence-electron chi connectivity index (χ2n) is 5.79. The van der Waals surface area contributed by atoms with Gasteiger partial charge in [-0.15, -0.1) is 0 Å². The number of nitrogens with one attached hydrogen (secondary N) is 1. The Morgan fingerprint density at radius 3 is 2.10 bits per heavy atom. The normalized spacial score (nSPS) is 12.5. The number of ether oxygens (including phenoxy) is 1. The minimum absolute atomic E-state index is 0.141. The molecular weight excluding hydrogens is 258 g/mol. The SMILES string of the molecule is CNC(c1ccc(C(C)C)cc1)c1ccc(C)cc1OC. The topological polar surface area (TPSA) is 21.3 Å². The van der Waals surface area contributed by atoms with Crippen molar-refractivity contribution in [2.45, 2.75) is 32.7 Å². The van der Waals surface area contributed by atoms with Crippen molar-refractivity contribution in [1.82, 2.24) is 5.32 Å². The van der Waals surface area contributed by atoms with Gasteiger partial charge in [0.25, 0.3) is 0 Å². The fourth-order valence-electron chi connectivity index (χ4n) is 2.63. The lowest BCUT2D eigenvalue weighted by Gasteiger charge is -2.21. The highest BCUT2D eigenvalue weighted by Gasteiger charge is 2.16. The summed E-state index contributed by atoms with van der Waals surface area (Å²) in [6.07, 6.45) is 0. The van der Waals surface area contributed by atoms with Gasteiger partial charge in [-0.1, -0.05) is 50.2 Å². The van der Waals surface area contributed by atoms with Crippen LogP contribution >= 0.6 is 0 Å². The highest BCUT2D eigenvalue weighted by atomic mass is 16.5. The first kappa shape index (κ1) is 15.6. The van der Waals surface area contributed by atoms with Crippen molar-refractivity contribution in [3.63, 3.8) is 0 Å². The summed E-state index contributed by atoms with van der Waals surface area (Å²) < 4.78 is 5.55. The van der Waals surface area contributed by atoms with Gasteiger partial charge in [-0.2, -0.15) is 0 Å². The number of hydrogen-bond donors (Lipinski definition) is 1. The van der Waals surface area contributed by atoms with Crippen LogP contribution in [0, 0.1) is 6.92 Å². The quantitative estimate of drug-likeness (QED) is 0.876. The molecule has 2 heteroatoms. The van der Waals surface area contributed by atoms with E-state index in [0.717, 1.165) is 5.75 Å². The minimum Gasteiger partial charge on any atom is -0.496 e. The third-order valence-electron chi connectivity index (χ3n) is 3.93. The molecule has 0 amide bonds. The predicted molar refractivity (Wildman–Crippen MR) is 89.2 cm³/mol. The van der Waals surface area contributed by atoms with E-state index in [0.29, 0.717) is 5.92 Å². The Labute approximate surface area is 128 Å². The fourth-order valence-corrected chi connectivity index (χ4v) is 2.63. The summed E-state index contributed by atoms with van der Waals surface area (Å²) in [5.74, 6) is 1.49. The zero-order valence-electron chi connectivity index (χ0n) is 13.6. The highest BCUT2D eigenvalue weighted by molar-refractivity contribution is 5.44. The van der Waals surface area contributed by atoms with E-state index < -0.39 is 0 Å². The maximum absolute atomic E-state index is 5.55. The second kappa shape index (κ2) is 6.77. The molecule has 0 saturated carbocycles. The molecule has 0 aliphatic heterocycles. The van der Waals surface area contributed by atoms with Crippen LogP contribution in [0.1, 0.15) is 48.1 Å². The zero-order valence-corrected chi connectivity index (χ0v) is 13.6. The Bertz CT molecular complexity index is 587. The van der Waals surface area contributed by atoms with Crippen LogP contribution in [-0.4, -0.2) is 14.2 Å². The molecule has 0 radical (unpaired) electrons. The van der Waals surface area contributed by atoms with E-state index in [4.69, 9.17) is 4.74 Å². The van der Waals surface area contributed by atoms with E-state index in [-0.39, 0.29) is 6.04 Å². The van der Waals surface area contributed by atoms with Crippen LogP contribution in [0.25, 0.3) is 0 Å². The Balaban J connectivity index is 2.39. The van der Waals surface area contributed by atoms with Gasteiger partial charge in [-0.05, 0) is 42.6 Å². The number of hydrogen-bond acceptors (Lipinski definition) is 2. The number of rotatable bonds is 5. The van der Waals surface area contributed by atoms with Crippen LogP contribution in [0.3, 0.4) is 0 Å². The predicted octanol–water partition coefficient (Wildman–Crippen LogP) is 4.44. The molecule has 2 nitrogen and oxygen atoms in total. The summed E-state index contributed by atoms with van der Waals surface area (Å²) in [7, 11) is 3.72.